The van der Waals surface area contributed by atoms with Crippen molar-refractivity contribution in [3.05, 3.63) is 54.1 Å². The molecule has 28 heavy (non-hydrogen) atoms. The third-order valence-electron chi connectivity index (χ3n) is 3.39. The van der Waals surface area contributed by atoms with Gasteiger partial charge in [-0.2, -0.15) is 13.2 Å². The smallest absolute Gasteiger partial charge is 0.419 e. The zero-order valence-electron chi connectivity index (χ0n) is 14.8. The van der Waals surface area contributed by atoms with Crippen molar-refractivity contribution in [2.24, 2.45) is 0 Å². The predicted octanol–water partition coefficient (Wildman–Crippen LogP) is 3.15. The van der Waals surface area contributed by atoms with Crippen LogP contribution in [-0.2, 0) is 20.8 Å². The SMILES string of the molecule is CS(=O)(=O)CCOc1cccc(NC(=O)COc2ccccc2C(F)(F)F)c1. The first kappa shape index (κ1) is 21.5. The van der Waals surface area contributed by atoms with E-state index in [0.29, 0.717) is 11.4 Å². The van der Waals surface area contributed by atoms with Crippen LogP contribution in [0.2, 0.25) is 0 Å². The van der Waals surface area contributed by atoms with Crippen LogP contribution in [0.25, 0.3) is 0 Å². The molecule has 0 unspecified atom stereocenters. The van der Waals surface area contributed by atoms with Gasteiger partial charge in [0.1, 0.15) is 18.1 Å². The normalized spacial score (nSPS) is 11.7. The molecule has 0 aliphatic rings. The van der Waals surface area contributed by atoms with Crippen LogP contribution in [0.15, 0.2) is 48.5 Å². The Morgan fingerprint density at radius 1 is 1.07 bits per heavy atom. The van der Waals surface area contributed by atoms with E-state index in [1.165, 1.54) is 18.2 Å². The second-order valence-corrected chi connectivity index (χ2v) is 8.10. The molecule has 1 amide bonds. The fourth-order valence-electron chi connectivity index (χ4n) is 2.14. The van der Waals surface area contributed by atoms with E-state index in [0.717, 1.165) is 18.4 Å². The van der Waals surface area contributed by atoms with Gasteiger partial charge in [0.25, 0.3) is 5.91 Å². The number of para-hydroxylation sites is 1. The molecule has 2 aromatic carbocycles. The minimum atomic E-state index is -4.59. The van der Waals surface area contributed by atoms with Crippen LogP contribution >= 0.6 is 0 Å². The number of ether oxygens (including phenoxy) is 2. The molecule has 152 valence electrons. The first-order valence-electron chi connectivity index (χ1n) is 8.04. The molecule has 1 N–H and O–H groups in total. The summed E-state index contributed by atoms with van der Waals surface area (Å²) >= 11 is 0. The number of sulfone groups is 1. The maximum Gasteiger partial charge on any atom is 0.419 e. The van der Waals surface area contributed by atoms with Crippen molar-refractivity contribution in [1.29, 1.82) is 0 Å². The number of nitrogens with one attached hydrogen (secondary N) is 1. The molecule has 2 aromatic rings. The zero-order valence-corrected chi connectivity index (χ0v) is 15.6. The Labute approximate surface area is 160 Å². The average Bonchev–Trinajstić information content (AvgIpc) is 2.59. The standard InChI is InChI=1S/C18H18F3NO5S/c1-28(24,25)10-9-26-14-6-4-5-13(11-14)22-17(23)12-27-16-8-3-2-7-15(16)18(19,20)21/h2-8,11H,9-10,12H2,1H3,(H,22,23). The van der Waals surface area contributed by atoms with Gasteiger partial charge in [0.15, 0.2) is 16.4 Å². The van der Waals surface area contributed by atoms with E-state index in [4.69, 9.17) is 9.47 Å². The van der Waals surface area contributed by atoms with Crippen LogP contribution in [0.3, 0.4) is 0 Å². The second kappa shape index (κ2) is 8.96. The lowest BCUT2D eigenvalue weighted by atomic mass is 10.2. The molecule has 0 saturated heterocycles. The number of amides is 1. The average molecular weight is 417 g/mol. The maximum absolute atomic E-state index is 12.9. The first-order valence-corrected chi connectivity index (χ1v) is 10.1. The van der Waals surface area contributed by atoms with Crippen LogP contribution in [0.1, 0.15) is 5.56 Å². The molecule has 0 aliphatic heterocycles. The van der Waals surface area contributed by atoms with E-state index in [-0.39, 0.29) is 12.4 Å². The number of hydrogen-bond acceptors (Lipinski definition) is 5. The van der Waals surface area contributed by atoms with Gasteiger partial charge in [0.05, 0.1) is 11.3 Å². The van der Waals surface area contributed by atoms with Crippen LogP contribution < -0.4 is 14.8 Å². The Morgan fingerprint density at radius 2 is 1.79 bits per heavy atom. The number of carbonyl (C=O) groups excluding carboxylic acids is 1. The number of halogens is 3. The Kier molecular flexibility index (Phi) is 6.90. The highest BCUT2D eigenvalue weighted by Gasteiger charge is 2.34. The fourth-order valence-corrected chi connectivity index (χ4v) is 2.53. The summed E-state index contributed by atoms with van der Waals surface area (Å²) in [5.41, 5.74) is -0.640. The molecule has 0 aliphatic carbocycles. The summed E-state index contributed by atoms with van der Waals surface area (Å²) in [6.45, 7) is -0.667. The van der Waals surface area contributed by atoms with Gasteiger partial charge in [-0.1, -0.05) is 18.2 Å². The van der Waals surface area contributed by atoms with Gasteiger partial charge >= 0.3 is 6.18 Å². The first-order chi connectivity index (χ1) is 13.0. The van der Waals surface area contributed by atoms with Crippen molar-refractivity contribution in [1.82, 2.24) is 0 Å². The Hall–Kier alpha value is -2.75. The molecule has 0 saturated carbocycles. The molecule has 0 aromatic heterocycles. The maximum atomic E-state index is 12.9. The summed E-state index contributed by atoms with van der Waals surface area (Å²) in [6.07, 6.45) is -3.51. The highest BCUT2D eigenvalue weighted by Crippen LogP contribution is 2.35. The lowest BCUT2D eigenvalue weighted by molar-refractivity contribution is -0.139. The zero-order chi connectivity index (χ0) is 20.8. The van der Waals surface area contributed by atoms with Crippen LogP contribution in [0, 0.1) is 0 Å². The molecule has 6 nitrogen and oxygen atoms in total. The molecule has 0 bridgehead atoms. The van der Waals surface area contributed by atoms with Crippen molar-refractivity contribution in [3.8, 4) is 11.5 Å². The van der Waals surface area contributed by atoms with Crippen molar-refractivity contribution in [2.45, 2.75) is 6.18 Å². The molecule has 0 spiro atoms. The summed E-state index contributed by atoms with van der Waals surface area (Å²) in [7, 11) is -3.16. The minimum absolute atomic E-state index is 0.0480. The minimum Gasteiger partial charge on any atom is -0.492 e. The molecule has 0 fully saturated rings. The molecule has 10 heteroatoms. The van der Waals surface area contributed by atoms with Gasteiger partial charge in [0, 0.05) is 18.0 Å². The highest BCUT2D eigenvalue weighted by atomic mass is 32.2. The monoisotopic (exact) mass is 417 g/mol. The van der Waals surface area contributed by atoms with Crippen LogP contribution in [0.4, 0.5) is 18.9 Å². The number of rotatable bonds is 8. The molecule has 2 rings (SSSR count). The van der Waals surface area contributed by atoms with E-state index < -0.39 is 39.8 Å². The van der Waals surface area contributed by atoms with E-state index >= 15 is 0 Å². The van der Waals surface area contributed by atoms with Crippen molar-refractivity contribution in [2.75, 3.05) is 30.5 Å². The molecule has 0 radical (unpaired) electrons. The quantitative estimate of drug-likeness (QED) is 0.714. The van der Waals surface area contributed by atoms with Gasteiger partial charge in [-0.15, -0.1) is 0 Å². The van der Waals surface area contributed by atoms with E-state index in [1.54, 1.807) is 18.2 Å². The second-order valence-electron chi connectivity index (χ2n) is 5.84. The van der Waals surface area contributed by atoms with E-state index in [2.05, 4.69) is 5.32 Å². The van der Waals surface area contributed by atoms with Crippen molar-refractivity contribution >= 4 is 21.4 Å². The summed E-state index contributed by atoms with van der Waals surface area (Å²) < 4.78 is 71.2. The highest BCUT2D eigenvalue weighted by molar-refractivity contribution is 7.90. The van der Waals surface area contributed by atoms with E-state index in [9.17, 15) is 26.4 Å². The number of carbonyl (C=O) groups is 1. The number of anilines is 1. The topological polar surface area (TPSA) is 81.7 Å². The summed E-state index contributed by atoms with van der Waals surface area (Å²) in [4.78, 5) is 12.0. The van der Waals surface area contributed by atoms with E-state index in [1.807, 2.05) is 0 Å². The van der Waals surface area contributed by atoms with Gasteiger partial charge in [0.2, 0.25) is 0 Å². The van der Waals surface area contributed by atoms with Gasteiger partial charge in [-0.25, -0.2) is 8.42 Å². The largest absolute Gasteiger partial charge is 0.492 e. The number of alkyl halides is 3. The lowest BCUT2D eigenvalue weighted by Gasteiger charge is -2.14. The van der Waals surface area contributed by atoms with Crippen LogP contribution in [0.5, 0.6) is 11.5 Å². The lowest BCUT2D eigenvalue weighted by Crippen LogP contribution is -2.21. The van der Waals surface area contributed by atoms with Crippen molar-refractivity contribution < 1.29 is 35.9 Å². The van der Waals surface area contributed by atoms with Gasteiger partial charge in [-0.3, -0.25) is 4.79 Å². The fraction of sp³-hybridized carbons (Fsp3) is 0.278. The van der Waals surface area contributed by atoms with Crippen LogP contribution in [-0.4, -0.2) is 39.5 Å². The Balaban J connectivity index is 1.93. The number of benzene rings is 2. The number of hydrogen-bond donors (Lipinski definition) is 1. The third-order valence-corrected chi connectivity index (χ3v) is 4.30. The summed E-state index contributed by atoms with van der Waals surface area (Å²) in [5, 5.41) is 2.47. The Bertz CT molecular complexity index is 929. The third kappa shape index (κ3) is 7.10. The predicted molar refractivity (Wildman–Crippen MR) is 97.2 cm³/mol. The molecular weight excluding hydrogens is 399 g/mol. The van der Waals surface area contributed by atoms with Gasteiger partial charge in [-0.05, 0) is 24.3 Å². The molecule has 0 heterocycles. The molecular formula is C18H18F3NO5S. The Morgan fingerprint density at radius 3 is 2.46 bits per heavy atom. The summed E-state index contributed by atoms with van der Waals surface area (Å²) in [6, 6.07) is 10.8. The summed E-state index contributed by atoms with van der Waals surface area (Å²) in [5.74, 6) is -0.922. The van der Waals surface area contributed by atoms with Gasteiger partial charge < -0.3 is 14.8 Å². The molecule has 0 atom stereocenters. The van der Waals surface area contributed by atoms with Crippen molar-refractivity contribution in [3.63, 3.8) is 0 Å².